The van der Waals surface area contributed by atoms with E-state index in [1.54, 1.807) is 0 Å². The number of aryl methyl sites for hydroxylation is 1. The van der Waals surface area contributed by atoms with Crippen LogP contribution < -0.4 is 10.1 Å². The molecule has 2 heterocycles. The summed E-state index contributed by atoms with van der Waals surface area (Å²) < 4.78 is 6.05. The van der Waals surface area contributed by atoms with Crippen LogP contribution in [0.15, 0.2) is 24.3 Å². The third-order valence-corrected chi connectivity index (χ3v) is 5.96. The second kappa shape index (κ2) is 9.29. The van der Waals surface area contributed by atoms with Crippen LogP contribution in [-0.2, 0) is 14.4 Å². The Kier molecular flexibility index (Phi) is 6.77. The second-order valence-corrected chi connectivity index (χ2v) is 8.24. The van der Waals surface area contributed by atoms with Crippen molar-refractivity contribution in [2.45, 2.75) is 69.9 Å². The van der Waals surface area contributed by atoms with Crippen LogP contribution in [0.1, 0.15) is 56.9 Å². The molecule has 0 aromatic heterocycles. The first-order valence-electron chi connectivity index (χ1n) is 10.4. The molecule has 7 heteroatoms. The fourth-order valence-electron chi connectivity index (χ4n) is 4.23. The number of piperidine rings is 1. The first-order valence-corrected chi connectivity index (χ1v) is 10.4. The molecule has 0 radical (unpaired) electrons. The van der Waals surface area contributed by atoms with E-state index in [-0.39, 0.29) is 24.3 Å². The van der Waals surface area contributed by atoms with E-state index in [9.17, 15) is 14.4 Å². The predicted molar refractivity (Wildman–Crippen MR) is 108 cm³/mol. The van der Waals surface area contributed by atoms with Gasteiger partial charge in [0.25, 0.3) is 0 Å². The Morgan fingerprint density at radius 2 is 1.97 bits per heavy atom. The van der Waals surface area contributed by atoms with Crippen LogP contribution in [0.4, 0.5) is 0 Å². The molecule has 0 unspecified atom stereocenters. The lowest BCUT2D eigenvalue weighted by Gasteiger charge is -2.34. The van der Waals surface area contributed by atoms with Crippen LogP contribution >= 0.6 is 0 Å². The van der Waals surface area contributed by atoms with Gasteiger partial charge in [-0.05, 0) is 43.9 Å². The Bertz CT molecular complexity index is 757. The van der Waals surface area contributed by atoms with Gasteiger partial charge in [-0.3, -0.25) is 14.4 Å². The van der Waals surface area contributed by atoms with E-state index in [0.29, 0.717) is 45.2 Å². The van der Waals surface area contributed by atoms with Crippen LogP contribution in [0.3, 0.4) is 0 Å². The molecule has 0 bridgehead atoms. The highest BCUT2D eigenvalue weighted by molar-refractivity contribution is 5.80. The summed E-state index contributed by atoms with van der Waals surface area (Å²) in [6, 6.07) is 7.98. The number of likely N-dealkylation sites (tertiary alicyclic amines) is 1. The average Bonchev–Trinajstić information content (AvgIpc) is 3.06. The molecule has 1 atom stereocenters. The van der Waals surface area contributed by atoms with Crippen LogP contribution in [0.25, 0.3) is 0 Å². The van der Waals surface area contributed by atoms with Crippen LogP contribution in [-0.4, -0.2) is 52.5 Å². The van der Waals surface area contributed by atoms with Crippen molar-refractivity contribution in [2.24, 2.45) is 0 Å². The molecule has 158 valence electrons. The van der Waals surface area contributed by atoms with Gasteiger partial charge < -0.3 is 20.1 Å². The lowest BCUT2D eigenvalue weighted by atomic mass is 9.86. The molecular weight excluding hydrogens is 372 g/mol. The van der Waals surface area contributed by atoms with E-state index in [1.165, 1.54) is 0 Å². The number of nitrogens with one attached hydrogen (secondary N) is 1. The number of rotatable bonds is 8. The van der Waals surface area contributed by atoms with Crippen molar-refractivity contribution in [1.82, 2.24) is 10.2 Å². The quantitative estimate of drug-likeness (QED) is 0.697. The summed E-state index contributed by atoms with van der Waals surface area (Å²) in [5, 5.41) is 11.9. The molecule has 2 fully saturated rings. The first-order chi connectivity index (χ1) is 13.8. The summed E-state index contributed by atoms with van der Waals surface area (Å²) in [5.74, 6) is -0.00791. The largest absolute Gasteiger partial charge is 0.490 e. The van der Waals surface area contributed by atoms with Crippen molar-refractivity contribution in [3.63, 3.8) is 0 Å². The highest BCUT2D eigenvalue weighted by Gasteiger charge is 2.38. The number of ether oxygens (including phenoxy) is 1. The van der Waals surface area contributed by atoms with Crippen molar-refractivity contribution >= 4 is 17.8 Å². The number of aliphatic carboxylic acids is 1. The number of benzene rings is 1. The number of nitrogens with zero attached hydrogens (tertiary/aromatic N) is 1. The minimum atomic E-state index is -0.882. The smallest absolute Gasteiger partial charge is 0.303 e. The molecule has 2 saturated heterocycles. The summed E-state index contributed by atoms with van der Waals surface area (Å²) in [6.07, 6.45) is 3.87. The van der Waals surface area contributed by atoms with Gasteiger partial charge in [-0.1, -0.05) is 12.1 Å². The van der Waals surface area contributed by atoms with E-state index >= 15 is 0 Å². The maximum atomic E-state index is 12.7. The number of carboxylic acid groups (broad SMARTS) is 1. The molecule has 0 aliphatic carbocycles. The van der Waals surface area contributed by atoms with Crippen molar-refractivity contribution in [3.8, 4) is 5.75 Å². The van der Waals surface area contributed by atoms with E-state index in [0.717, 1.165) is 24.2 Å². The normalized spacial score (nSPS) is 22.4. The SMILES string of the molecule is Cc1cccc(OC2CCN(C(=O)CC[C@]3(CCC(=O)O)CCC(=O)N3)CC2)c1. The van der Waals surface area contributed by atoms with Gasteiger partial charge in [0.05, 0.1) is 0 Å². The zero-order valence-electron chi connectivity index (χ0n) is 17.0. The maximum Gasteiger partial charge on any atom is 0.303 e. The number of hydrogen-bond acceptors (Lipinski definition) is 4. The fourth-order valence-corrected chi connectivity index (χ4v) is 4.23. The summed E-state index contributed by atoms with van der Waals surface area (Å²) in [4.78, 5) is 37.2. The number of carboxylic acids is 1. The number of hydrogen-bond donors (Lipinski definition) is 2. The molecule has 3 rings (SSSR count). The molecule has 2 N–H and O–H groups in total. The summed E-state index contributed by atoms with van der Waals surface area (Å²) in [7, 11) is 0. The van der Waals surface area contributed by atoms with Gasteiger partial charge in [0.15, 0.2) is 0 Å². The molecular formula is C22H30N2O5. The Morgan fingerprint density at radius 1 is 1.24 bits per heavy atom. The molecule has 1 aromatic carbocycles. The van der Waals surface area contributed by atoms with Crippen molar-refractivity contribution in [1.29, 1.82) is 0 Å². The summed E-state index contributed by atoms with van der Waals surface area (Å²) >= 11 is 0. The average molecular weight is 402 g/mol. The van der Waals surface area contributed by atoms with Crippen molar-refractivity contribution in [3.05, 3.63) is 29.8 Å². The van der Waals surface area contributed by atoms with Gasteiger partial charge in [-0.25, -0.2) is 0 Å². The predicted octanol–water partition coefficient (Wildman–Crippen LogP) is 2.66. The zero-order valence-corrected chi connectivity index (χ0v) is 17.0. The summed E-state index contributed by atoms with van der Waals surface area (Å²) in [5.41, 5.74) is 0.600. The van der Waals surface area contributed by atoms with E-state index in [4.69, 9.17) is 9.84 Å². The van der Waals surface area contributed by atoms with E-state index in [1.807, 2.05) is 36.1 Å². The zero-order chi connectivity index (χ0) is 20.9. The van der Waals surface area contributed by atoms with Crippen LogP contribution in [0.2, 0.25) is 0 Å². The highest BCUT2D eigenvalue weighted by atomic mass is 16.5. The number of carbonyl (C=O) groups excluding carboxylic acids is 2. The monoisotopic (exact) mass is 402 g/mol. The van der Waals surface area contributed by atoms with Gasteiger partial charge in [-0.15, -0.1) is 0 Å². The molecule has 1 aromatic rings. The third kappa shape index (κ3) is 5.95. The minimum absolute atomic E-state index is 0.00381. The molecule has 2 amide bonds. The van der Waals surface area contributed by atoms with Gasteiger partial charge in [0, 0.05) is 50.7 Å². The first kappa shape index (κ1) is 21.1. The highest BCUT2D eigenvalue weighted by Crippen LogP contribution is 2.31. The fraction of sp³-hybridized carbons (Fsp3) is 0.591. The lowest BCUT2D eigenvalue weighted by molar-refractivity contribution is -0.137. The van der Waals surface area contributed by atoms with Crippen molar-refractivity contribution < 1.29 is 24.2 Å². The molecule has 29 heavy (non-hydrogen) atoms. The topological polar surface area (TPSA) is 95.9 Å². The molecule has 7 nitrogen and oxygen atoms in total. The van der Waals surface area contributed by atoms with Gasteiger partial charge in [0.2, 0.25) is 11.8 Å². The second-order valence-electron chi connectivity index (χ2n) is 8.24. The lowest BCUT2D eigenvalue weighted by Crippen LogP contribution is -2.45. The minimum Gasteiger partial charge on any atom is -0.490 e. The standard InChI is InChI=1S/C22H30N2O5/c1-16-3-2-4-18(15-16)29-17-8-13-24(14-9-17)20(26)6-11-22(12-7-21(27)28)10-5-19(25)23-22/h2-4,15,17H,5-14H2,1H3,(H,23,25)(H,27,28)/t22-/m0/s1. The van der Waals surface area contributed by atoms with E-state index in [2.05, 4.69) is 5.32 Å². The number of carbonyl (C=O) groups is 3. The summed E-state index contributed by atoms with van der Waals surface area (Å²) in [6.45, 7) is 3.34. The molecule has 2 aliphatic heterocycles. The Balaban J connectivity index is 1.46. The maximum absolute atomic E-state index is 12.7. The van der Waals surface area contributed by atoms with Crippen LogP contribution in [0.5, 0.6) is 5.75 Å². The molecule has 0 spiro atoms. The third-order valence-electron chi connectivity index (χ3n) is 5.96. The Hall–Kier alpha value is -2.57. The van der Waals surface area contributed by atoms with Gasteiger partial charge in [-0.2, -0.15) is 0 Å². The van der Waals surface area contributed by atoms with Crippen LogP contribution in [0, 0.1) is 6.92 Å². The number of amides is 2. The molecule has 0 saturated carbocycles. The van der Waals surface area contributed by atoms with Gasteiger partial charge >= 0.3 is 5.97 Å². The molecule has 2 aliphatic rings. The Morgan fingerprint density at radius 3 is 2.59 bits per heavy atom. The Labute approximate surface area is 171 Å². The van der Waals surface area contributed by atoms with Gasteiger partial charge in [0.1, 0.15) is 11.9 Å². The van der Waals surface area contributed by atoms with E-state index < -0.39 is 11.5 Å². The van der Waals surface area contributed by atoms with Crippen molar-refractivity contribution in [2.75, 3.05) is 13.1 Å².